The molecule has 10 heteroatoms. The van der Waals surface area contributed by atoms with Gasteiger partial charge in [-0.25, -0.2) is 0 Å². The van der Waals surface area contributed by atoms with Crippen molar-refractivity contribution in [2.45, 2.75) is 9.79 Å². The molecule has 0 aliphatic carbocycles. The van der Waals surface area contributed by atoms with Gasteiger partial charge in [-0.1, -0.05) is 23.9 Å². The van der Waals surface area contributed by atoms with Gasteiger partial charge in [0.05, 0.1) is 26.7 Å². The Bertz CT molecular complexity index is 1290. The highest BCUT2D eigenvalue weighted by Crippen LogP contribution is 2.37. The van der Waals surface area contributed by atoms with E-state index in [1.165, 1.54) is 35.6 Å². The lowest BCUT2D eigenvalue weighted by molar-refractivity contribution is -0.387. The molecule has 2 aromatic heterocycles. The molecule has 27 heavy (non-hydrogen) atoms. The fourth-order valence-electron chi connectivity index (χ4n) is 2.65. The second-order valence-corrected chi connectivity index (χ2v) is 7.47. The first-order valence-electron chi connectivity index (χ1n) is 7.51. The molecule has 0 atom stereocenters. The molecule has 0 saturated carbocycles. The van der Waals surface area contributed by atoms with Crippen molar-refractivity contribution < 1.29 is 14.8 Å². The van der Waals surface area contributed by atoms with E-state index in [0.717, 1.165) is 11.8 Å². The SMILES string of the molecule is O=C([O-])c1cccc(Sc2cc3c(cc2[N+](=O)[O-])c(=O)nc2sccn23)c1. The summed E-state index contributed by atoms with van der Waals surface area (Å²) in [4.78, 5) is 39.4. The topological polar surface area (TPSA) is 118 Å². The molecule has 0 spiro atoms. The molecular formula is C17H8N3O5S2-. The fourth-order valence-corrected chi connectivity index (χ4v) is 4.36. The molecule has 4 rings (SSSR count). The molecule has 2 heterocycles. The summed E-state index contributed by atoms with van der Waals surface area (Å²) in [6, 6.07) is 8.70. The number of carboxylic acid groups (broad SMARTS) is 1. The molecule has 0 aliphatic rings. The number of fused-ring (bicyclic) bond motifs is 3. The number of carbonyl (C=O) groups excluding carboxylic acids is 1. The normalized spacial score (nSPS) is 11.1. The average Bonchev–Trinajstić information content (AvgIpc) is 3.10. The first kappa shape index (κ1) is 17.2. The monoisotopic (exact) mass is 398 g/mol. The van der Waals surface area contributed by atoms with Crippen LogP contribution in [0.1, 0.15) is 10.4 Å². The first-order chi connectivity index (χ1) is 12.9. The summed E-state index contributed by atoms with van der Waals surface area (Å²) in [7, 11) is 0. The quantitative estimate of drug-likeness (QED) is 0.382. The van der Waals surface area contributed by atoms with E-state index in [1.807, 2.05) is 0 Å². The van der Waals surface area contributed by atoms with Crippen LogP contribution in [0.5, 0.6) is 0 Å². The van der Waals surface area contributed by atoms with E-state index >= 15 is 0 Å². The highest BCUT2D eigenvalue weighted by atomic mass is 32.2. The van der Waals surface area contributed by atoms with Gasteiger partial charge >= 0.3 is 0 Å². The number of nitro groups is 1. The van der Waals surface area contributed by atoms with Gasteiger partial charge in [0.1, 0.15) is 0 Å². The van der Waals surface area contributed by atoms with Crippen molar-refractivity contribution in [3.63, 3.8) is 0 Å². The summed E-state index contributed by atoms with van der Waals surface area (Å²) in [6.45, 7) is 0. The smallest absolute Gasteiger partial charge is 0.284 e. The number of carboxylic acids is 1. The Balaban J connectivity index is 1.94. The molecule has 0 fully saturated rings. The van der Waals surface area contributed by atoms with Gasteiger partial charge in [-0.2, -0.15) is 4.98 Å². The van der Waals surface area contributed by atoms with E-state index in [0.29, 0.717) is 15.4 Å². The number of benzene rings is 2. The number of hydrogen-bond donors (Lipinski definition) is 0. The van der Waals surface area contributed by atoms with E-state index in [1.54, 1.807) is 28.1 Å². The Morgan fingerprint density at radius 3 is 2.81 bits per heavy atom. The number of aromatic nitrogens is 2. The number of rotatable bonds is 4. The van der Waals surface area contributed by atoms with Crippen LogP contribution in [0.15, 0.2) is 62.6 Å². The largest absolute Gasteiger partial charge is 0.545 e. The lowest BCUT2D eigenvalue weighted by Gasteiger charge is -2.08. The van der Waals surface area contributed by atoms with Crippen molar-refractivity contribution >= 4 is 50.6 Å². The minimum atomic E-state index is -1.33. The van der Waals surface area contributed by atoms with E-state index in [-0.39, 0.29) is 21.5 Å². The number of nitrogens with zero attached hydrogens (tertiary/aromatic N) is 3. The minimum Gasteiger partial charge on any atom is -0.545 e. The molecule has 134 valence electrons. The fraction of sp³-hybridized carbons (Fsp3) is 0. The van der Waals surface area contributed by atoms with Crippen molar-refractivity contribution in [2.24, 2.45) is 0 Å². The number of hydrogen-bond acceptors (Lipinski definition) is 8. The van der Waals surface area contributed by atoms with Crippen molar-refractivity contribution in [3.05, 3.63) is 74.0 Å². The van der Waals surface area contributed by atoms with Crippen LogP contribution in [-0.2, 0) is 0 Å². The van der Waals surface area contributed by atoms with Gasteiger partial charge in [0.15, 0.2) is 4.96 Å². The Hall–Kier alpha value is -3.24. The molecule has 2 aromatic carbocycles. The third kappa shape index (κ3) is 3.04. The van der Waals surface area contributed by atoms with Gasteiger partial charge in [0, 0.05) is 22.5 Å². The van der Waals surface area contributed by atoms with E-state index in [9.17, 15) is 24.8 Å². The second kappa shape index (κ2) is 6.49. The molecule has 0 N–H and O–H groups in total. The van der Waals surface area contributed by atoms with Gasteiger partial charge in [-0.15, -0.1) is 11.3 Å². The van der Waals surface area contributed by atoms with Gasteiger partial charge < -0.3 is 9.90 Å². The van der Waals surface area contributed by atoms with Crippen LogP contribution >= 0.6 is 23.1 Å². The number of aromatic carboxylic acids is 1. The molecule has 0 radical (unpaired) electrons. The van der Waals surface area contributed by atoms with Crippen LogP contribution in [0.4, 0.5) is 5.69 Å². The third-order valence-corrected chi connectivity index (χ3v) is 5.64. The highest BCUT2D eigenvalue weighted by molar-refractivity contribution is 7.99. The average molecular weight is 398 g/mol. The van der Waals surface area contributed by atoms with Crippen molar-refractivity contribution in [2.75, 3.05) is 0 Å². The Labute approximate surface area is 158 Å². The predicted molar refractivity (Wildman–Crippen MR) is 98.4 cm³/mol. The zero-order valence-electron chi connectivity index (χ0n) is 13.3. The summed E-state index contributed by atoms with van der Waals surface area (Å²) >= 11 is 2.32. The Kier molecular flexibility index (Phi) is 4.13. The van der Waals surface area contributed by atoms with Crippen molar-refractivity contribution in [3.8, 4) is 0 Å². The molecule has 0 bridgehead atoms. The number of thiazole rings is 1. The van der Waals surface area contributed by atoms with Gasteiger partial charge in [-0.05, 0) is 23.8 Å². The number of carbonyl (C=O) groups is 1. The van der Waals surface area contributed by atoms with E-state index in [4.69, 9.17) is 0 Å². The highest BCUT2D eigenvalue weighted by Gasteiger charge is 2.20. The van der Waals surface area contributed by atoms with Gasteiger partial charge in [0.2, 0.25) is 0 Å². The predicted octanol–water partition coefficient (Wildman–Crippen LogP) is 2.33. The van der Waals surface area contributed by atoms with Crippen LogP contribution in [-0.4, -0.2) is 20.3 Å². The number of nitro benzene ring substituents is 1. The summed E-state index contributed by atoms with van der Waals surface area (Å²) < 4.78 is 1.69. The molecule has 0 amide bonds. The van der Waals surface area contributed by atoms with Crippen molar-refractivity contribution in [1.29, 1.82) is 0 Å². The lowest BCUT2D eigenvalue weighted by atomic mass is 10.2. The maximum atomic E-state index is 12.2. The molecule has 0 unspecified atom stereocenters. The lowest BCUT2D eigenvalue weighted by Crippen LogP contribution is -2.22. The van der Waals surface area contributed by atoms with E-state index < -0.39 is 16.5 Å². The van der Waals surface area contributed by atoms with E-state index in [2.05, 4.69) is 4.98 Å². The van der Waals surface area contributed by atoms with Crippen LogP contribution in [0.2, 0.25) is 0 Å². The zero-order valence-corrected chi connectivity index (χ0v) is 15.0. The summed E-state index contributed by atoms with van der Waals surface area (Å²) in [6.07, 6.45) is 1.73. The maximum absolute atomic E-state index is 12.2. The molecule has 0 aliphatic heterocycles. The van der Waals surface area contributed by atoms with Crippen LogP contribution in [0, 0.1) is 10.1 Å². The molecular weight excluding hydrogens is 390 g/mol. The summed E-state index contributed by atoms with van der Waals surface area (Å²) in [5.41, 5.74) is -0.314. The first-order valence-corrected chi connectivity index (χ1v) is 9.21. The minimum absolute atomic E-state index is 0.0240. The van der Waals surface area contributed by atoms with Crippen molar-refractivity contribution in [1.82, 2.24) is 9.38 Å². The maximum Gasteiger partial charge on any atom is 0.284 e. The van der Waals surface area contributed by atoms with Crippen LogP contribution in [0.25, 0.3) is 15.9 Å². The summed E-state index contributed by atoms with van der Waals surface area (Å²) in [5.74, 6) is -1.33. The zero-order chi connectivity index (χ0) is 19.1. The van der Waals surface area contributed by atoms with Crippen LogP contribution < -0.4 is 10.7 Å². The molecule has 8 nitrogen and oxygen atoms in total. The van der Waals surface area contributed by atoms with Gasteiger partial charge in [-0.3, -0.25) is 19.3 Å². The standard InChI is InChI=1S/C17H9N3O5S2/c21-15-11-7-13(20(24)25)14(8-12(11)19-4-5-26-17(19)18-15)27-10-3-1-2-9(6-10)16(22)23/h1-8H,(H,22,23)/p-1. The van der Waals surface area contributed by atoms with Crippen LogP contribution in [0.3, 0.4) is 0 Å². The molecule has 4 aromatic rings. The Morgan fingerprint density at radius 2 is 2.07 bits per heavy atom. The summed E-state index contributed by atoms with van der Waals surface area (Å²) in [5, 5.41) is 24.5. The second-order valence-electron chi connectivity index (χ2n) is 5.48. The van der Waals surface area contributed by atoms with Gasteiger partial charge in [0.25, 0.3) is 11.2 Å². The molecule has 0 saturated heterocycles. The third-order valence-electron chi connectivity index (χ3n) is 3.85. The Morgan fingerprint density at radius 1 is 1.26 bits per heavy atom.